The molecule has 2 N–H and O–H groups in total. The minimum atomic E-state index is -1.13. The van der Waals surface area contributed by atoms with Crippen molar-refractivity contribution in [3.8, 4) is 0 Å². The summed E-state index contributed by atoms with van der Waals surface area (Å²) in [5.74, 6) is 0.344. The van der Waals surface area contributed by atoms with Crippen LogP contribution < -0.4 is 0 Å². The summed E-state index contributed by atoms with van der Waals surface area (Å²) in [4.78, 5) is 0. The lowest BCUT2D eigenvalue weighted by atomic mass is 9.57. The Morgan fingerprint density at radius 3 is 1.74 bits per heavy atom. The highest BCUT2D eigenvalue weighted by Crippen LogP contribution is 2.55. The first-order valence-corrected chi connectivity index (χ1v) is 6.18. The number of rotatable bonds is 2. The van der Waals surface area contributed by atoms with Crippen LogP contribution in [0.5, 0.6) is 0 Å². The zero-order valence-corrected chi connectivity index (χ0v) is 11.0. The van der Waals surface area contributed by atoms with Crippen LogP contribution in [0.2, 0.25) is 0 Å². The van der Waals surface area contributed by atoms with Crippen molar-refractivity contribution in [1.82, 2.24) is 10.3 Å². The molecule has 0 spiro atoms. The summed E-state index contributed by atoms with van der Waals surface area (Å²) < 4.78 is 10.0. The van der Waals surface area contributed by atoms with Crippen LogP contribution in [0.4, 0.5) is 0 Å². The number of aliphatic hydroxyl groups excluding tert-OH is 1. The normalized spacial score (nSPS) is 34.3. The standard InChI is InChI=1S/C13H16N2O4/c1-6-4-8(14-18-6)10-12(16)11(13(10,3)17)9-5-7(2)19-15-9/h4-5,10-12,16-17H,1-3H3/t10-,11-,12?,13?/m0/s1. The van der Waals surface area contributed by atoms with Crippen LogP contribution in [0.1, 0.15) is 41.7 Å². The fourth-order valence-electron chi connectivity index (χ4n) is 2.97. The average Bonchev–Trinajstić information content (AvgIpc) is 2.88. The predicted octanol–water partition coefficient (Wildman–Crippen LogP) is 1.27. The van der Waals surface area contributed by atoms with Gasteiger partial charge in [-0.15, -0.1) is 0 Å². The molecule has 0 radical (unpaired) electrons. The molecule has 3 rings (SSSR count). The highest BCUT2D eigenvalue weighted by atomic mass is 16.5. The fraction of sp³-hybridized carbons (Fsp3) is 0.538. The molecule has 6 heteroatoms. The van der Waals surface area contributed by atoms with Crippen LogP contribution in [0.3, 0.4) is 0 Å². The lowest BCUT2D eigenvalue weighted by Gasteiger charge is -2.52. The number of aryl methyl sites for hydroxylation is 2. The lowest BCUT2D eigenvalue weighted by Crippen LogP contribution is -2.60. The predicted molar refractivity (Wildman–Crippen MR) is 64.6 cm³/mol. The third kappa shape index (κ3) is 1.71. The van der Waals surface area contributed by atoms with Gasteiger partial charge in [0.15, 0.2) is 0 Å². The first kappa shape index (κ1) is 12.4. The Bertz CT molecular complexity index is 551. The van der Waals surface area contributed by atoms with Gasteiger partial charge >= 0.3 is 0 Å². The molecule has 2 aromatic heterocycles. The molecule has 6 nitrogen and oxygen atoms in total. The van der Waals surface area contributed by atoms with Crippen LogP contribution in [0, 0.1) is 13.8 Å². The van der Waals surface area contributed by atoms with Gasteiger partial charge in [-0.3, -0.25) is 0 Å². The van der Waals surface area contributed by atoms with Crippen LogP contribution in [-0.4, -0.2) is 32.2 Å². The van der Waals surface area contributed by atoms with E-state index in [0.29, 0.717) is 22.9 Å². The van der Waals surface area contributed by atoms with Gasteiger partial charge in [0.1, 0.15) is 11.5 Å². The molecule has 2 atom stereocenters. The molecule has 0 bridgehead atoms. The van der Waals surface area contributed by atoms with Gasteiger partial charge in [0.05, 0.1) is 34.9 Å². The Balaban J connectivity index is 1.92. The second kappa shape index (κ2) is 3.91. The maximum Gasteiger partial charge on any atom is 0.133 e. The quantitative estimate of drug-likeness (QED) is 0.848. The van der Waals surface area contributed by atoms with E-state index in [-0.39, 0.29) is 0 Å². The van der Waals surface area contributed by atoms with Crippen molar-refractivity contribution in [2.75, 3.05) is 0 Å². The Morgan fingerprint density at radius 2 is 1.47 bits per heavy atom. The van der Waals surface area contributed by atoms with Gasteiger partial charge < -0.3 is 19.3 Å². The van der Waals surface area contributed by atoms with Crippen LogP contribution in [0.15, 0.2) is 21.2 Å². The Hall–Kier alpha value is -1.66. The smallest absolute Gasteiger partial charge is 0.133 e. The molecule has 0 aromatic carbocycles. The maximum absolute atomic E-state index is 10.6. The molecular formula is C13H16N2O4. The monoisotopic (exact) mass is 264 g/mol. The molecule has 1 saturated carbocycles. The third-order valence-corrected chi connectivity index (χ3v) is 3.87. The summed E-state index contributed by atoms with van der Waals surface area (Å²) in [6, 6.07) is 3.46. The summed E-state index contributed by atoms with van der Waals surface area (Å²) in [5, 5.41) is 28.7. The summed E-state index contributed by atoms with van der Waals surface area (Å²) in [7, 11) is 0. The van der Waals surface area contributed by atoms with Crippen molar-refractivity contribution in [3.63, 3.8) is 0 Å². The second-order valence-corrected chi connectivity index (χ2v) is 5.40. The zero-order valence-electron chi connectivity index (χ0n) is 11.0. The van der Waals surface area contributed by atoms with Gasteiger partial charge in [-0.1, -0.05) is 10.3 Å². The largest absolute Gasteiger partial charge is 0.391 e. The van der Waals surface area contributed by atoms with Crippen LogP contribution in [0.25, 0.3) is 0 Å². The highest BCUT2D eigenvalue weighted by molar-refractivity contribution is 5.33. The SMILES string of the molecule is Cc1cc([C@H]2C(O)[C@H](c3cc(C)on3)C2(C)O)no1. The summed E-state index contributed by atoms with van der Waals surface area (Å²) in [6.07, 6.45) is -0.760. The molecule has 1 fully saturated rings. The van der Waals surface area contributed by atoms with Crippen molar-refractivity contribution in [2.24, 2.45) is 0 Å². The van der Waals surface area contributed by atoms with Crippen LogP contribution in [-0.2, 0) is 0 Å². The fourth-order valence-corrected chi connectivity index (χ4v) is 2.97. The van der Waals surface area contributed by atoms with E-state index < -0.39 is 23.5 Å². The number of aromatic nitrogens is 2. The molecule has 0 amide bonds. The van der Waals surface area contributed by atoms with Crippen molar-refractivity contribution in [2.45, 2.75) is 44.3 Å². The van der Waals surface area contributed by atoms with Gasteiger partial charge in [-0.2, -0.15) is 0 Å². The second-order valence-electron chi connectivity index (χ2n) is 5.40. The van der Waals surface area contributed by atoms with E-state index in [1.54, 1.807) is 32.9 Å². The first-order valence-electron chi connectivity index (χ1n) is 6.18. The highest BCUT2D eigenvalue weighted by Gasteiger charge is 2.61. The molecule has 1 aliphatic rings. The zero-order chi connectivity index (χ0) is 13.8. The Kier molecular flexibility index (Phi) is 2.55. The van der Waals surface area contributed by atoms with E-state index in [1.165, 1.54) is 0 Å². The van der Waals surface area contributed by atoms with E-state index in [0.717, 1.165) is 0 Å². The molecule has 0 aliphatic heterocycles. The molecule has 2 heterocycles. The Labute approximate surface area is 110 Å². The molecule has 19 heavy (non-hydrogen) atoms. The van der Waals surface area contributed by atoms with E-state index >= 15 is 0 Å². The van der Waals surface area contributed by atoms with Gasteiger partial charge in [0, 0.05) is 12.1 Å². The van der Waals surface area contributed by atoms with Crippen molar-refractivity contribution < 1.29 is 19.3 Å². The van der Waals surface area contributed by atoms with Gasteiger partial charge in [0.25, 0.3) is 0 Å². The van der Waals surface area contributed by atoms with Gasteiger partial charge in [0.2, 0.25) is 0 Å². The maximum atomic E-state index is 10.6. The molecule has 2 aromatic rings. The molecular weight excluding hydrogens is 248 g/mol. The van der Waals surface area contributed by atoms with E-state index in [9.17, 15) is 10.2 Å². The minimum absolute atomic E-state index is 0.480. The Morgan fingerprint density at radius 1 is 1.05 bits per heavy atom. The van der Waals surface area contributed by atoms with E-state index in [1.807, 2.05) is 0 Å². The van der Waals surface area contributed by atoms with Crippen LogP contribution >= 0.6 is 0 Å². The van der Waals surface area contributed by atoms with Crippen molar-refractivity contribution in [3.05, 3.63) is 35.0 Å². The molecule has 0 unspecified atom stereocenters. The number of hydrogen-bond donors (Lipinski definition) is 2. The number of nitrogens with zero attached hydrogens (tertiary/aromatic N) is 2. The topological polar surface area (TPSA) is 92.5 Å². The number of aliphatic hydroxyl groups is 2. The third-order valence-electron chi connectivity index (χ3n) is 3.87. The molecule has 1 aliphatic carbocycles. The first-order chi connectivity index (χ1) is 8.91. The van der Waals surface area contributed by atoms with E-state index in [2.05, 4.69) is 10.3 Å². The number of hydrogen-bond acceptors (Lipinski definition) is 6. The van der Waals surface area contributed by atoms with Gasteiger partial charge in [-0.05, 0) is 20.8 Å². The van der Waals surface area contributed by atoms with Crippen molar-refractivity contribution in [1.29, 1.82) is 0 Å². The van der Waals surface area contributed by atoms with Crippen molar-refractivity contribution >= 4 is 0 Å². The summed E-state index contributed by atoms with van der Waals surface area (Å²) >= 11 is 0. The molecule has 0 saturated heterocycles. The minimum Gasteiger partial charge on any atom is -0.391 e. The summed E-state index contributed by atoms with van der Waals surface area (Å²) in [5.41, 5.74) is -0.00981. The summed E-state index contributed by atoms with van der Waals surface area (Å²) in [6.45, 7) is 5.21. The lowest BCUT2D eigenvalue weighted by molar-refractivity contribution is -0.154. The van der Waals surface area contributed by atoms with E-state index in [4.69, 9.17) is 9.05 Å². The molecule has 102 valence electrons. The van der Waals surface area contributed by atoms with Gasteiger partial charge in [-0.25, -0.2) is 0 Å². The average molecular weight is 264 g/mol.